The highest BCUT2D eigenvalue weighted by atomic mass is 16.5. The van der Waals surface area contributed by atoms with Gasteiger partial charge in [0, 0.05) is 11.6 Å². The van der Waals surface area contributed by atoms with E-state index in [2.05, 4.69) is 29.3 Å². The van der Waals surface area contributed by atoms with Crippen molar-refractivity contribution >= 4 is 23.1 Å². The Bertz CT molecular complexity index is 810. The van der Waals surface area contributed by atoms with Gasteiger partial charge >= 0.3 is 0 Å². The number of methoxy groups -OCH3 is 2. The predicted octanol–water partition coefficient (Wildman–Crippen LogP) is 4.42. The highest BCUT2D eigenvalue weighted by molar-refractivity contribution is 5.95. The maximum Gasteiger partial charge on any atom is 0.187 e. The molecule has 0 radical (unpaired) electrons. The predicted molar refractivity (Wildman–Crippen MR) is 90.2 cm³/mol. The summed E-state index contributed by atoms with van der Waals surface area (Å²) in [6.45, 7) is 0. The van der Waals surface area contributed by atoms with Crippen LogP contribution in [0.3, 0.4) is 0 Å². The Morgan fingerprint density at radius 2 is 1.68 bits per heavy atom. The average molecular weight is 291 g/mol. The van der Waals surface area contributed by atoms with E-state index in [0.29, 0.717) is 11.5 Å². The Balaban J connectivity index is 2.10. The lowest BCUT2D eigenvalue weighted by Crippen LogP contribution is -1.93. The number of benzene rings is 2. The maximum atomic E-state index is 5.46. The second-order valence-corrected chi connectivity index (χ2v) is 4.84. The number of fused-ring (bicyclic) bond motifs is 1. The van der Waals surface area contributed by atoms with Gasteiger partial charge in [-0.25, -0.2) is 0 Å². The number of nitrogens with zero attached hydrogens (tertiary/aromatic N) is 1. The minimum Gasteiger partial charge on any atom is -0.493 e. The quantitative estimate of drug-likeness (QED) is 0.713. The Hall–Kier alpha value is -2.81. The van der Waals surface area contributed by atoms with E-state index in [1.165, 1.54) is 0 Å². The van der Waals surface area contributed by atoms with Gasteiger partial charge in [-0.15, -0.1) is 0 Å². The molecule has 0 N–H and O–H groups in total. The Morgan fingerprint density at radius 1 is 0.864 bits per heavy atom. The molecule has 0 aliphatic heterocycles. The minimum absolute atomic E-state index is 0.662. The lowest BCUT2D eigenvalue weighted by molar-refractivity contribution is 0.358. The van der Waals surface area contributed by atoms with Gasteiger partial charge in [0.2, 0.25) is 0 Å². The van der Waals surface area contributed by atoms with Crippen LogP contribution in [0, 0.1) is 0 Å². The van der Waals surface area contributed by atoms with Crippen LogP contribution in [0.4, 0.5) is 0 Å². The summed E-state index contributed by atoms with van der Waals surface area (Å²) in [5.41, 5.74) is 3.06. The minimum atomic E-state index is 0.662. The molecular weight excluding hydrogens is 274 g/mol. The molecule has 0 aliphatic rings. The molecule has 0 atom stereocenters. The third kappa shape index (κ3) is 2.66. The van der Waals surface area contributed by atoms with Gasteiger partial charge in [-0.3, -0.25) is 4.98 Å². The molecule has 1 heterocycles. The lowest BCUT2D eigenvalue weighted by Gasteiger charge is -2.11. The van der Waals surface area contributed by atoms with Crippen molar-refractivity contribution in [2.75, 3.05) is 14.2 Å². The van der Waals surface area contributed by atoms with Gasteiger partial charge in [-0.1, -0.05) is 42.5 Å². The number of hydrogen-bond acceptors (Lipinski definition) is 3. The van der Waals surface area contributed by atoms with E-state index in [0.717, 1.165) is 22.0 Å². The first-order valence-electron chi connectivity index (χ1n) is 7.06. The van der Waals surface area contributed by atoms with Crippen molar-refractivity contribution in [3.8, 4) is 11.5 Å². The maximum absolute atomic E-state index is 5.46. The number of hydrogen-bond donors (Lipinski definition) is 0. The van der Waals surface area contributed by atoms with Crippen LogP contribution in [-0.2, 0) is 0 Å². The van der Waals surface area contributed by atoms with Crippen LogP contribution in [0.5, 0.6) is 11.5 Å². The fourth-order valence-electron chi connectivity index (χ4n) is 2.45. The topological polar surface area (TPSA) is 31.4 Å². The van der Waals surface area contributed by atoms with Crippen molar-refractivity contribution in [3.63, 3.8) is 0 Å². The molecule has 0 amide bonds. The van der Waals surface area contributed by atoms with Crippen molar-refractivity contribution in [1.29, 1.82) is 0 Å². The Labute approximate surface area is 129 Å². The lowest BCUT2D eigenvalue weighted by atomic mass is 10.1. The van der Waals surface area contributed by atoms with Crippen LogP contribution >= 0.6 is 0 Å². The Kier molecular flexibility index (Phi) is 4.05. The van der Waals surface area contributed by atoms with Crippen molar-refractivity contribution < 1.29 is 9.47 Å². The molecule has 2 aromatic carbocycles. The molecule has 3 nitrogen and oxygen atoms in total. The monoisotopic (exact) mass is 291 g/mol. The van der Waals surface area contributed by atoms with E-state index in [1.54, 1.807) is 20.4 Å². The van der Waals surface area contributed by atoms with Gasteiger partial charge in [0.15, 0.2) is 11.5 Å². The summed E-state index contributed by atoms with van der Waals surface area (Å²) in [7, 11) is 3.26. The van der Waals surface area contributed by atoms with Gasteiger partial charge in [0.05, 0.1) is 14.2 Å². The van der Waals surface area contributed by atoms with E-state index in [4.69, 9.17) is 9.47 Å². The van der Waals surface area contributed by atoms with Crippen molar-refractivity contribution in [2.45, 2.75) is 0 Å². The van der Waals surface area contributed by atoms with Crippen LogP contribution < -0.4 is 9.47 Å². The van der Waals surface area contributed by atoms with Gasteiger partial charge in [0.25, 0.3) is 0 Å². The normalized spacial score (nSPS) is 11.0. The van der Waals surface area contributed by atoms with Crippen LogP contribution in [-0.4, -0.2) is 19.2 Å². The first kappa shape index (κ1) is 14.1. The molecule has 1 aromatic heterocycles. The van der Waals surface area contributed by atoms with Crippen LogP contribution in [0.2, 0.25) is 0 Å². The highest BCUT2D eigenvalue weighted by Crippen LogP contribution is 2.35. The molecule has 0 spiro atoms. The molecule has 110 valence electrons. The molecular formula is C19H17NO2. The summed E-state index contributed by atoms with van der Waals surface area (Å²) in [5, 5.41) is 1.03. The summed E-state index contributed by atoms with van der Waals surface area (Å²) >= 11 is 0. The number of ether oxygens (including phenoxy) is 2. The van der Waals surface area contributed by atoms with Crippen molar-refractivity contribution in [2.24, 2.45) is 0 Å². The van der Waals surface area contributed by atoms with Crippen LogP contribution in [0.15, 0.2) is 54.7 Å². The highest BCUT2D eigenvalue weighted by Gasteiger charge is 2.11. The third-order valence-corrected chi connectivity index (χ3v) is 3.54. The van der Waals surface area contributed by atoms with E-state index >= 15 is 0 Å². The Morgan fingerprint density at radius 3 is 2.41 bits per heavy atom. The largest absolute Gasteiger partial charge is 0.493 e. The SMILES string of the molecule is COc1ccc2c(C=Cc3ccccc3)ccnc2c1OC. The smallest absolute Gasteiger partial charge is 0.187 e. The molecule has 22 heavy (non-hydrogen) atoms. The molecule has 3 aromatic rings. The van der Waals surface area contributed by atoms with E-state index in [-0.39, 0.29) is 0 Å². The fraction of sp³-hybridized carbons (Fsp3) is 0.105. The van der Waals surface area contributed by atoms with Gasteiger partial charge in [-0.2, -0.15) is 0 Å². The molecule has 3 heteroatoms. The second-order valence-electron chi connectivity index (χ2n) is 4.84. The summed E-state index contributed by atoms with van der Waals surface area (Å²) in [5.74, 6) is 1.35. The average Bonchev–Trinajstić information content (AvgIpc) is 2.59. The van der Waals surface area contributed by atoms with Crippen molar-refractivity contribution in [3.05, 3.63) is 65.9 Å². The summed E-state index contributed by atoms with van der Waals surface area (Å²) in [4.78, 5) is 4.44. The van der Waals surface area contributed by atoms with E-state index < -0.39 is 0 Å². The second kappa shape index (κ2) is 6.31. The summed E-state index contributed by atoms with van der Waals surface area (Å²) in [6, 6.07) is 16.1. The molecule has 0 saturated heterocycles. The van der Waals surface area contributed by atoms with E-state index in [1.807, 2.05) is 36.4 Å². The summed E-state index contributed by atoms with van der Waals surface area (Å²) in [6.07, 6.45) is 5.96. The molecule has 0 aliphatic carbocycles. The third-order valence-electron chi connectivity index (χ3n) is 3.54. The molecule has 0 saturated carbocycles. The van der Waals surface area contributed by atoms with Crippen LogP contribution in [0.25, 0.3) is 23.1 Å². The zero-order chi connectivity index (χ0) is 15.4. The van der Waals surface area contributed by atoms with Crippen molar-refractivity contribution in [1.82, 2.24) is 4.98 Å². The van der Waals surface area contributed by atoms with Gasteiger partial charge in [0.1, 0.15) is 5.52 Å². The fourth-order valence-corrected chi connectivity index (χ4v) is 2.45. The zero-order valence-electron chi connectivity index (χ0n) is 12.6. The zero-order valence-corrected chi connectivity index (χ0v) is 12.6. The molecule has 0 fully saturated rings. The molecule has 0 unspecified atom stereocenters. The first-order chi connectivity index (χ1) is 10.8. The van der Waals surface area contributed by atoms with Crippen LogP contribution in [0.1, 0.15) is 11.1 Å². The molecule has 3 rings (SSSR count). The first-order valence-corrected chi connectivity index (χ1v) is 7.06. The van der Waals surface area contributed by atoms with E-state index in [9.17, 15) is 0 Å². The van der Waals surface area contributed by atoms with Gasteiger partial charge < -0.3 is 9.47 Å². The number of aromatic nitrogens is 1. The van der Waals surface area contributed by atoms with Gasteiger partial charge in [-0.05, 0) is 29.3 Å². The number of rotatable bonds is 4. The molecule has 0 bridgehead atoms. The standard InChI is InChI=1S/C19H17NO2/c1-21-17-11-10-16-15(9-8-14-6-4-3-5-7-14)12-13-20-18(16)19(17)22-2/h3-13H,1-2H3. The number of pyridine rings is 1. The summed E-state index contributed by atoms with van der Waals surface area (Å²) < 4.78 is 10.8.